The molecule has 0 spiro atoms. The van der Waals surface area contributed by atoms with Crippen molar-refractivity contribution in [1.29, 1.82) is 0 Å². The van der Waals surface area contributed by atoms with E-state index in [4.69, 9.17) is 0 Å². The minimum atomic E-state index is 0. The average molecular weight is 185 g/mol. The molecule has 0 saturated heterocycles. The third-order valence-electron chi connectivity index (χ3n) is 0. The zero-order chi connectivity index (χ0) is 0. The zero-order valence-corrected chi connectivity index (χ0v) is 8.90. The van der Waals surface area contributed by atoms with Gasteiger partial charge in [0.25, 0.3) is 0 Å². The van der Waals surface area contributed by atoms with Gasteiger partial charge in [0.05, 0.1) is 0 Å². The molecule has 0 fully saturated rings. The van der Waals surface area contributed by atoms with Gasteiger partial charge in [0.15, 0.2) is 0 Å². The Bertz CT molecular complexity index is 11.6. The Hall–Kier alpha value is 3.64. The molecule has 0 rings (SSSR count). The van der Waals surface area contributed by atoms with Crippen LogP contribution in [0.3, 0.4) is 0 Å². The summed E-state index contributed by atoms with van der Waals surface area (Å²) in [6, 6.07) is 0. The fraction of sp³-hybridized carbons (Fsp3) is 0. The fourth-order valence-corrected chi connectivity index (χ4v) is 0. The van der Waals surface area contributed by atoms with E-state index in [1.807, 2.05) is 0 Å². The molecule has 0 bridgehead atoms. The third kappa shape index (κ3) is 18.3. The van der Waals surface area contributed by atoms with Gasteiger partial charge in [-0.1, -0.05) is 0 Å². The minimum Gasteiger partial charge on any atom is 0 e. The van der Waals surface area contributed by atoms with Gasteiger partial charge in [-0.15, -0.1) is 0 Å². The summed E-state index contributed by atoms with van der Waals surface area (Å²) in [6.07, 6.45) is 0. The van der Waals surface area contributed by atoms with Gasteiger partial charge in [0, 0.05) is 113 Å². The molecule has 0 atom stereocenters. The van der Waals surface area contributed by atoms with Crippen molar-refractivity contribution in [3.8, 4) is 0 Å². The van der Waals surface area contributed by atoms with E-state index in [0.29, 0.717) is 0 Å². The summed E-state index contributed by atoms with van der Waals surface area (Å²) in [5, 5.41) is 0. The number of hydrogen-bond acceptors (Lipinski definition) is 0. The van der Waals surface area contributed by atoms with E-state index in [1.54, 1.807) is 0 Å². The molecular formula is CaLiMgMnNi. The second-order valence-corrected chi connectivity index (χ2v) is 0. The topological polar surface area (TPSA) is 0 Å². The first-order valence-electron chi connectivity index (χ1n) is 0. The summed E-state index contributed by atoms with van der Waals surface area (Å²) in [5.74, 6) is 0. The van der Waals surface area contributed by atoms with Crippen molar-refractivity contribution in [3.05, 3.63) is 0 Å². The van der Waals surface area contributed by atoms with Crippen molar-refractivity contribution in [2.24, 2.45) is 0 Å². The summed E-state index contributed by atoms with van der Waals surface area (Å²) in [5.41, 5.74) is 0. The molecule has 0 aromatic carbocycles. The van der Waals surface area contributed by atoms with Crippen molar-refractivity contribution in [3.63, 3.8) is 0 Å². The van der Waals surface area contributed by atoms with E-state index in [0.717, 1.165) is 0 Å². The first-order chi connectivity index (χ1) is 0. The molecule has 0 unspecified atom stereocenters. The van der Waals surface area contributed by atoms with Crippen LogP contribution in [-0.4, -0.2) is 79.7 Å². The molecule has 0 aromatic rings. The second-order valence-electron chi connectivity index (χ2n) is 0. The molecule has 0 aliphatic heterocycles. The maximum Gasteiger partial charge on any atom is 0 e. The maximum atomic E-state index is 0. The predicted octanol–water partition coefficient (Wildman–Crippen LogP) is -1.15. The van der Waals surface area contributed by atoms with Gasteiger partial charge < -0.3 is 0 Å². The Labute approximate surface area is 111 Å². The van der Waals surface area contributed by atoms with Crippen LogP contribution < -0.4 is 0 Å². The SMILES string of the molecule is [Ca].[Li].[Mg].[Mn].[Ni]. The van der Waals surface area contributed by atoms with Crippen molar-refractivity contribution in [2.75, 3.05) is 0 Å². The largest absolute Gasteiger partial charge is 0 e. The van der Waals surface area contributed by atoms with Gasteiger partial charge in [0.2, 0.25) is 0 Å². The second kappa shape index (κ2) is 25.4. The molecule has 5 heteroatoms. The van der Waals surface area contributed by atoms with Crippen LogP contribution >= 0.6 is 0 Å². The van der Waals surface area contributed by atoms with E-state index in [2.05, 4.69) is 0 Å². The van der Waals surface area contributed by atoms with Crippen molar-refractivity contribution in [1.82, 2.24) is 0 Å². The zero-order valence-electron chi connectivity index (χ0n) is 3.11. The molecule has 0 nitrogen and oxygen atoms in total. The van der Waals surface area contributed by atoms with Crippen LogP contribution in [0.1, 0.15) is 0 Å². The quantitative estimate of drug-likeness (QED) is 0.418. The van der Waals surface area contributed by atoms with Crippen molar-refractivity contribution >= 4 is 79.7 Å². The Morgan fingerprint density at radius 3 is 1.00 bits per heavy atom. The predicted molar refractivity (Wildman–Crippen MR) is 17.3 cm³/mol. The van der Waals surface area contributed by atoms with Crippen LogP contribution in [0, 0.1) is 0 Å². The molecule has 0 amide bonds. The Morgan fingerprint density at radius 1 is 1.00 bits per heavy atom. The molecule has 0 aliphatic rings. The molecule has 22 valence electrons. The van der Waals surface area contributed by atoms with E-state index in [1.165, 1.54) is 0 Å². The first-order valence-corrected chi connectivity index (χ1v) is 0. The minimum absolute atomic E-state index is 0. The van der Waals surface area contributed by atoms with E-state index in [9.17, 15) is 0 Å². The van der Waals surface area contributed by atoms with E-state index >= 15 is 0 Å². The third-order valence-corrected chi connectivity index (χ3v) is 0. The normalized spacial score (nSPS) is 0. The van der Waals surface area contributed by atoms with Gasteiger partial charge in [-0.05, 0) is 0 Å². The van der Waals surface area contributed by atoms with E-state index < -0.39 is 0 Å². The monoisotopic (exact) mass is 184 g/mol. The van der Waals surface area contributed by atoms with Crippen molar-refractivity contribution < 1.29 is 33.6 Å². The van der Waals surface area contributed by atoms with Gasteiger partial charge in [-0.3, -0.25) is 0 Å². The van der Waals surface area contributed by atoms with Crippen molar-refractivity contribution in [2.45, 2.75) is 0 Å². The van der Waals surface area contributed by atoms with Crippen LogP contribution in [0.15, 0.2) is 0 Å². The summed E-state index contributed by atoms with van der Waals surface area (Å²) in [7, 11) is 0. The fourth-order valence-electron chi connectivity index (χ4n) is 0. The molecule has 0 N–H and O–H groups in total. The van der Waals surface area contributed by atoms with Gasteiger partial charge in [-0.2, -0.15) is 0 Å². The number of hydrogen-bond donors (Lipinski definition) is 0. The Balaban J connectivity index is 0. The van der Waals surface area contributed by atoms with E-state index in [-0.39, 0.29) is 113 Å². The first kappa shape index (κ1) is 38.1. The maximum absolute atomic E-state index is 0. The summed E-state index contributed by atoms with van der Waals surface area (Å²) in [4.78, 5) is 0. The molecule has 6 radical (unpaired) electrons. The molecular weight excluding hydrogens is 185 g/mol. The van der Waals surface area contributed by atoms with Gasteiger partial charge in [0.1, 0.15) is 0 Å². The molecule has 5 heavy (non-hydrogen) atoms. The van der Waals surface area contributed by atoms with Crippen LogP contribution in [0.5, 0.6) is 0 Å². The summed E-state index contributed by atoms with van der Waals surface area (Å²) < 4.78 is 0. The van der Waals surface area contributed by atoms with Crippen LogP contribution in [0.25, 0.3) is 0 Å². The van der Waals surface area contributed by atoms with Gasteiger partial charge >= 0.3 is 0 Å². The molecule has 0 saturated carbocycles. The summed E-state index contributed by atoms with van der Waals surface area (Å²) in [6.45, 7) is 0. The Morgan fingerprint density at radius 2 is 1.00 bits per heavy atom. The standard InChI is InChI=1S/Ca.Li.Mg.Mn.Ni. The molecule has 0 aromatic heterocycles. The number of rotatable bonds is 0. The molecule has 0 heterocycles. The molecule has 0 aliphatic carbocycles. The smallest absolute Gasteiger partial charge is 0 e. The average Bonchev–Trinajstić information content (AvgIpc) is 0. The summed E-state index contributed by atoms with van der Waals surface area (Å²) >= 11 is 0. The van der Waals surface area contributed by atoms with Gasteiger partial charge in [-0.25, -0.2) is 0 Å². The van der Waals surface area contributed by atoms with Crippen LogP contribution in [0.4, 0.5) is 0 Å². The van der Waals surface area contributed by atoms with Crippen LogP contribution in [-0.2, 0) is 33.6 Å². The Kier molecular flexibility index (Phi) is 194. The van der Waals surface area contributed by atoms with Crippen LogP contribution in [0.2, 0.25) is 0 Å².